The highest BCUT2D eigenvalue weighted by Gasteiger charge is 2.42. The number of nitrogens with two attached hydrogens (primary N) is 1. The van der Waals surface area contributed by atoms with E-state index in [9.17, 15) is 0 Å². The molecular weight excluding hydrogens is 102 g/mol. The van der Waals surface area contributed by atoms with Gasteiger partial charge in [0.2, 0.25) is 0 Å². The average molecular weight is 115 g/mol. The first-order valence-corrected chi connectivity index (χ1v) is 3.09. The number of aliphatic hydroxyl groups is 1. The van der Waals surface area contributed by atoms with Gasteiger partial charge in [0.15, 0.2) is 0 Å². The van der Waals surface area contributed by atoms with Gasteiger partial charge >= 0.3 is 0 Å². The molecule has 1 atom stereocenters. The van der Waals surface area contributed by atoms with E-state index in [1.54, 1.807) is 0 Å². The third-order valence-electron chi connectivity index (χ3n) is 2.08. The van der Waals surface area contributed by atoms with Crippen molar-refractivity contribution in [1.29, 1.82) is 0 Å². The zero-order valence-electron chi connectivity index (χ0n) is 5.22. The van der Waals surface area contributed by atoms with Crippen LogP contribution in [-0.2, 0) is 0 Å². The van der Waals surface area contributed by atoms with Crippen molar-refractivity contribution in [3.8, 4) is 0 Å². The maximum atomic E-state index is 8.63. The fourth-order valence-electron chi connectivity index (χ4n) is 0.819. The minimum atomic E-state index is 0.00868. The maximum absolute atomic E-state index is 8.63. The van der Waals surface area contributed by atoms with Crippen LogP contribution in [0.5, 0.6) is 0 Å². The molecule has 1 fully saturated rings. The van der Waals surface area contributed by atoms with E-state index in [1.807, 2.05) is 6.92 Å². The topological polar surface area (TPSA) is 46.2 Å². The van der Waals surface area contributed by atoms with Gasteiger partial charge < -0.3 is 10.8 Å². The smallest absolute Gasteiger partial charge is 0.0474 e. The molecule has 2 heteroatoms. The van der Waals surface area contributed by atoms with Crippen molar-refractivity contribution in [3.63, 3.8) is 0 Å². The van der Waals surface area contributed by atoms with Gasteiger partial charge in [-0.3, -0.25) is 0 Å². The summed E-state index contributed by atoms with van der Waals surface area (Å²) in [5, 5.41) is 8.63. The van der Waals surface area contributed by atoms with Gasteiger partial charge in [-0.05, 0) is 18.8 Å². The number of hydrogen-bond acceptors (Lipinski definition) is 2. The van der Waals surface area contributed by atoms with Crippen molar-refractivity contribution in [1.82, 2.24) is 0 Å². The highest BCUT2D eigenvalue weighted by molar-refractivity contribution is 5.02. The summed E-state index contributed by atoms with van der Waals surface area (Å²) in [4.78, 5) is 0. The summed E-state index contributed by atoms with van der Waals surface area (Å²) in [6.45, 7) is 2.23. The third-order valence-corrected chi connectivity index (χ3v) is 2.08. The Bertz CT molecular complexity index is 88.5. The predicted octanol–water partition coefficient (Wildman–Crippen LogP) is 0.106. The molecule has 0 aliphatic heterocycles. The lowest BCUT2D eigenvalue weighted by Gasteiger charge is -2.14. The Labute approximate surface area is 49.7 Å². The van der Waals surface area contributed by atoms with Gasteiger partial charge in [0.05, 0.1) is 0 Å². The van der Waals surface area contributed by atoms with Crippen LogP contribution in [-0.4, -0.2) is 17.3 Å². The molecular formula is C6H13NO. The van der Waals surface area contributed by atoms with Crippen LogP contribution < -0.4 is 5.73 Å². The molecule has 0 aromatic rings. The molecule has 0 aromatic carbocycles. The lowest BCUT2D eigenvalue weighted by atomic mass is 10.0. The van der Waals surface area contributed by atoms with Crippen LogP contribution in [0.4, 0.5) is 0 Å². The molecule has 1 aliphatic rings. The van der Waals surface area contributed by atoms with Crippen molar-refractivity contribution < 1.29 is 5.11 Å². The van der Waals surface area contributed by atoms with Gasteiger partial charge in [-0.15, -0.1) is 0 Å². The quantitative estimate of drug-likeness (QED) is 0.536. The van der Waals surface area contributed by atoms with Gasteiger partial charge in [-0.2, -0.15) is 0 Å². The monoisotopic (exact) mass is 115 g/mol. The van der Waals surface area contributed by atoms with Crippen LogP contribution in [0.15, 0.2) is 0 Å². The molecule has 3 N–H and O–H groups in total. The third kappa shape index (κ3) is 0.858. The highest BCUT2D eigenvalue weighted by Crippen LogP contribution is 2.38. The number of aliphatic hydroxyl groups excluding tert-OH is 1. The highest BCUT2D eigenvalue weighted by atomic mass is 16.3. The zero-order chi connectivity index (χ0) is 6.20. The largest absolute Gasteiger partial charge is 0.396 e. The first-order valence-electron chi connectivity index (χ1n) is 3.09. The van der Waals surface area contributed by atoms with Gasteiger partial charge in [0.25, 0.3) is 0 Å². The van der Waals surface area contributed by atoms with Crippen LogP contribution in [0.3, 0.4) is 0 Å². The molecule has 1 saturated carbocycles. The summed E-state index contributed by atoms with van der Waals surface area (Å²) in [6.07, 6.45) is 2.18. The molecule has 0 heterocycles. The number of hydrogen-bond donors (Lipinski definition) is 2. The van der Waals surface area contributed by atoms with E-state index < -0.39 is 0 Å². The van der Waals surface area contributed by atoms with Crippen molar-refractivity contribution >= 4 is 0 Å². The molecule has 0 amide bonds. The Hall–Kier alpha value is -0.0800. The van der Waals surface area contributed by atoms with Crippen LogP contribution >= 0.6 is 0 Å². The molecule has 1 rings (SSSR count). The maximum Gasteiger partial charge on any atom is 0.0474 e. The standard InChI is InChI=1S/C6H13NO/c1-5(4-8)6(7)2-3-6/h5,8H,2-4,7H2,1H3. The molecule has 0 radical (unpaired) electrons. The lowest BCUT2D eigenvalue weighted by molar-refractivity contribution is 0.209. The minimum Gasteiger partial charge on any atom is -0.396 e. The summed E-state index contributed by atoms with van der Waals surface area (Å²) in [5.74, 6) is 0.294. The molecule has 1 aliphatic carbocycles. The first-order chi connectivity index (χ1) is 3.69. The molecule has 0 aromatic heterocycles. The Morgan fingerprint density at radius 1 is 1.75 bits per heavy atom. The Kier molecular flexibility index (Phi) is 1.29. The van der Waals surface area contributed by atoms with E-state index in [-0.39, 0.29) is 12.1 Å². The van der Waals surface area contributed by atoms with Crippen molar-refractivity contribution in [2.24, 2.45) is 11.7 Å². The summed E-state index contributed by atoms with van der Waals surface area (Å²) in [7, 11) is 0. The lowest BCUT2D eigenvalue weighted by Crippen LogP contribution is -2.32. The number of rotatable bonds is 2. The molecule has 48 valence electrons. The molecule has 0 bridgehead atoms. The Morgan fingerprint density at radius 3 is 2.38 bits per heavy atom. The normalized spacial score (nSPS) is 27.4. The van der Waals surface area contributed by atoms with Gasteiger partial charge in [-0.1, -0.05) is 6.92 Å². The van der Waals surface area contributed by atoms with E-state index >= 15 is 0 Å². The van der Waals surface area contributed by atoms with E-state index in [0.29, 0.717) is 5.92 Å². The van der Waals surface area contributed by atoms with Gasteiger partial charge in [-0.25, -0.2) is 0 Å². The Balaban J connectivity index is 2.34. The second kappa shape index (κ2) is 1.71. The van der Waals surface area contributed by atoms with Crippen LogP contribution in [0.25, 0.3) is 0 Å². The van der Waals surface area contributed by atoms with E-state index in [2.05, 4.69) is 0 Å². The summed E-state index contributed by atoms with van der Waals surface area (Å²) < 4.78 is 0. The first kappa shape index (κ1) is 6.05. The van der Waals surface area contributed by atoms with Crippen molar-refractivity contribution in [3.05, 3.63) is 0 Å². The Morgan fingerprint density at radius 2 is 2.25 bits per heavy atom. The summed E-state index contributed by atoms with van der Waals surface area (Å²) in [5.41, 5.74) is 5.75. The van der Waals surface area contributed by atoms with E-state index in [1.165, 1.54) is 0 Å². The summed E-state index contributed by atoms with van der Waals surface area (Å²) in [6, 6.07) is 0. The van der Waals surface area contributed by atoms with Crippen LogP contribution in [0.1, 0.15) is 19.8 Å². The second-order valence-electron chi connectivity index (χ2n) is 2.82. The van der Waals surface area contributed by atoms with Crippen LogP contribution in [0, 0.1) is 5.92 Å². The predicted molar refractivity (Wildman–Crippen MR) is 32.4 cm³/mol. The van der Waals surface area contributed by atoms with E-state index in [4.69, 9.17) is 10.8 Å². The SMILES string of the molecule is CC(CO)C1(N)CC1. The minimum absolute atomic E-state index is 0.00868. The van der Waals surface area contributed by atoms with Crippen LogP contribution in [0.2, 0.25) is 0 Å². The van der Waals surface area contributed by atoms with E-state index in [0.717, 1.165) is 12.8 Å². The fourth-order valence-corrected chi connectivity index (χ4v) is 0.819. The summed E-state index contributed by atoms with van der Waals surface area (Å²) >= 11 is 0. The molecule has 0 saturated heterocycles. The zero-order valence-corrected chi connectivity index (χ0v) is 5.22. The molecule has 1 unspecified atom stereocenters. The second-order valence-corrected chi connectivity index (χ2v) is 2.82. The van der Waals surface area contributed by atoms with Crippen molar-refractivity contribution in [2.75, 3.05) is 6.61 Å². The molecule has 2 nitrogen and oxygen atoms in total. The molecule has 0 spiro atoms. The van der Waals surface area contributed by atoms with Gasteiger partial charge in [0.1, 0.15) is 0 Å². The molecule has 8 heavy (non-hydrogen) atoms. The average Bonchev–Trinajstić information content (AvgIpc) is 2.47. The fraction of sp³-hybridized carbons (Fsp3) is 1.00. The van der Waals surface area contributed by atoms with Crippen molar-refractivity contribution in [2.45, 2.75) is 25.3 Å². The van der Waals surface area contributed by atoms with Gasteiger partial charge in [0, 0.05) is 12.1 Å².